The molecule has 0 aliphatic carbocycles. The summed E-state index contributed by atoms with van der Waals surface area (Å²) in [6.45, 7) is 6.75. The van der Waals surface area contributed by atoms with Gasteiger partial charge in [0.25, 0.3) is 0 Å². The lowest BCUT2D eigenvalue weighted by molar-refractivity contribution is 0.165. The molecule has 0 N–H and O–H groups in total. The molecule has 5 nitrogen and oxygen atoms in total. The molecule has 0 spiro atoms. The van der Waals surface area contributed by atoms with Crippen molar-refractivity contribution in [3.05, 3.63) is 47.5 Å². The average molecular weight is 461 g/mol. The second-order valence-electron chi connectivity index (χ2n) is 9.00. The summed E-state index contributed by atoms with van der Waals surface area (Å²) >= 11 is 0. The Morgan fingerprint density at radius 2 is 1.16 bits per heavy atom. The Kier molecular flexibility index (Phi) is 9.84. The lowest BCUT2D eigenvalue weighted by Gasteiger charge is -2.37. The van der Waals surface area contributed by atoms with Crippen LogP contribution in [0.25, 0.3) is 0 Å². The molecule has 32 heavy (non-hydrogen) atoms. The van der Waals surface area contributed by atoms with Gasteiger partial charge in [0.2, 0.25) is 0 Å². The number of hydrogen-bond donors (Lipinski definition) is 0. The van der Waals surface area contributed by atoms with Crippen molar-refractivity contribution in [2.75, 3.05) is 34.6 Å². The van der Waals surface area contributed by atoms with E-state index in [0.717, 1.165) is 53.4 Å². The van der Waals surface area contributed by atoms with Gasteiger partial charge in [-0.15, -0.1) is 0 Å². The minimum Gasteiger partial charge on any atom is -0.496 e. The Labute approximate surface area is 194 Å². The van der Waals surface area contributed by atoms with Gasteiger partial charge in [0.15, 0.2) is 8.46 Å². The van der Waals surface area contributed by atoms with Crippen molar-refractivity contribution in [2.24, 2.45) is 17.3 Å². The van der Waals surface area contributed by atoms with Gasteiger partial charge < -0.3 is 18.9 Å². The number of methoxy groups -OCH3 is 4. The molecule has 0 aliphatic heterocycles. The highest BCUT2D eigenvalue weighted by Crippen LogP contribution is 2.44. The summed E-state index contributed by atoms with van der Waals surface area (Å²) in [6.07, 6.45) is 3.14. The zero-order chi connectivity index (χ0) is 23.7. The summed E-state index contributed by atoms with van der Waals surface area (Å²) in [5, 5.41) is 0. The molecular weight excluding hydrogens is 423 g/mol. The van der Waals surface area contributed by atoms with Gasteiger partial charge in [0.05, 0.1) is 28.4 Å². The van der Waals surface area contributed by atoms with Crippen molar-refractivity contribution in [2.45, 2.75) is 40.0 Å². The molecule has 0 saturated heterocycles. The maximum atomic E-state index is 11.2. The summed E-state index contributed by atoms with van der Waals surface area (Å²) in [7, 11) is 6.96. The number of hydrogen-bond acceptors (Lipinski definition) is 5. The molecule has 2 aromatic carbocycles. The van der Waals surface area contributed by atoms with Crippen molar-refractivity contribution in [1.29, 1.82) is 0 Å². The van der Waals surface area contributed by atoms with E-state index in [2.05, 4.69) is 20.8 Å². The standard InChI is InChI=1S/C26H37O5P/c1-18(17-32-27)16-26(2,3)19(14-20-22(28-4)10-8-11-23(20)29-5)15-21-24(30-6)12-9-13-25(21)31-7/h8-13,18-19H,14-17H2,1-7H3. The van der Waals surface area contributed by atoms with E-state index in [1.54, 1.807) is 28.4 Å². The third-order valence-corrected chi connectivity index (χ3v) is 7.10. The van der Waals surface area contributed by atoms with Crippen molar-refractivity contribution in [1.82, 2.24) is 0 Å². The Bertz CT molecular complexity index is 779. The van der Waals surface area contributed by atoms with E-state index in [4.69, 9.17) is 18.9 Å². The lowest BCUT2D eigenvalue weighted by atomic mass is 9.68. The number of ether oxygens (including phenoxy) is 4. The van der Waals surface area contributed by atoms with Crippen LogP contribution < -0.4 is 18.9 Å². The van der Waals surface area contributed by atoms with Gasteiger partial charge in [0.1, 0.15) is 23.0 Å². The molecule has 0 radical (unpaired) electrons. The normalized spacial score (nSPS) is 12.6. The number of rotatable bonds is 13. The summed E-state index contributed by atoms with van der Waals surface area (Å²) in [6, 6.07) is 11.8. The third-order valence-electron chi connectivity index (χ3n) is 6.33. The molecule has 0 fully saturated rings. The van der Waals surface area contributed by atoms with E-state index in [1.165, 1.54) is 0 Å². The van der Waals surface area contributed by atoms with Gasteiger partial charge in [-0.05, 0) is 60.8 Å². The number of benzene rings is 2. The maximum Gasteiger partial charge on any atom is 0.155 e. The smallest absolute Gasteiger partial charge is 0.155 e. The maximum absolute atomic E-state index is 11.2. The van der Waals surface area contributed by atoms with Crippen LogP contribution in [-0.2, 0) is 17.4 Å². The van der Waals surface area contributed by atoms with E-state index < -0.39 is 0 Å². The first-order chi connectivity index (χ1) is 15.3. The van der Waals surface area contributed by atoms with Crippen LogP contribution in [-0.4, -0.2) is 34.6 Å². The van der Waals surface area contributed by atoms with Crippen LogP contribution >= 0.6 is 8.46 Å². The first-order valence-electron chi connectivity index (χ1n) is 11.0. The van der Waals surface area contributed by atoms with E-state index in [0.29, 0.717) is 12.1 Å². The molecule has 0 saturated carbocycles. The SMILES string of the molecule is COc1cccc(OC)c1CC(Cc1c(OC)cccc1OC)C(C)(C)CC(C)CP=O. The molecule has 0 heterocycles. The molecular formula is C26H37O5P. The summed E-state index contributed by atoms with van der Waals surface area (Å²) in [5.41, 5.74) is 2.06. The summed E-state index contributed by atoms with van der Waals surface area (Å²) in [4.78, 5) is 0. The highest BCUT2D eigenvalue weighted by atomic mass is 31.1. The molecule has 1 unspecified atom stereocenters. The predicted octanol–water partition coefficient (Wildman–Crippen LogP) is 6.47. The molecule has 2 rings (SSSR count). The molecule has 2 aromatic rings. The first-order valence-corrected chi connectivity index (χ1v) is 12.0. The van der Waals surface area contributed by atoms with Crippen molar-refractivity contribution in [3.63, 3.8) is 0 Å². The van der Waals surface area contributed by atoms with Crippen LogP contribution in [0.2, 0.25) is 0 Å². The molecule has 0 aliphatic rings. The fourth-order valence-electron chi connectivity index (χ4n) is 4.63. The second kappa shape index (κ2) is 12.1. The fourth-order valence-corrected chi connectivity index (χ4v) is 5.02. The minimum absolute atomic E-state index is 0.0537. The van der Waals surface area contributed by atoms with Gasteiger partial charge in [-0.3, -0.25) is 4.57 Å². The zero-order valence-corrected chi connectivity index (χ0v) is 21.3. The monoisotopic (exact) mass is 460 g/mol. The molecule has 0 bridgehead atoms. The fraction of sp³-hybridized carbons (Fsp3) is 0.538. The summed E-state index contributed by atoms with van der Waals surface area (Å²) < 4.78 is 34.0. The van der Waals surface area contributed by atoms with E-state index >= 15 is 0 Å². The Balaban J connectivity index is 2.54. The highest BCUT2D eigenvalue weighted by molar-refractivity contribution is 7.23. The van der Waals surface area contributed by atoms with Gasteiger partial charge in [-0.2, -0.15) is 0 Å². The minimum atomic E-state index is -0.0537. The second-order valence-corrected chi connectivity index (χ2v) is 9.62. The predicted molar refractivity (Wildman–Crippen MR) is 130 cm³/mol. The van der Waals surface area contributed by atoms with E-state index in [1.807, 2.05) is 36.4 Å². The Morgan fingerprint density at radius 1 is 0.781 bits per heavy atom. The third kappa shape index (κ3) is 6.38. The first kappa shape index (κ1) is 26.0. The Morgan fingerprint density at radius 3 is 1.47 bits per heavy atom. The largest absolute Gasteiger partial charge is 0.496 e. The van der Waals surface area contributed by atoms with Gasteiger partial charge in [-0.25, -0.2) is 0 Å². The lowest BCUT2D eigenvalue weighted by Crippen LogP contribution is -2.31. The topological polar surface area (TPSA) is 54.0 Å². The van der Waals surface area contributed by atoms with Crippen LogP contribution in [0.4, 0.5) is 0 Å². The molecule has 0 amide bonds. The van der Waals surface area contributed by atoms with Crippen LogP contribution in [0, 0.1) is 17.3 Å². The Hall–Kier alpha value is -2.26. The molecule has 6 heteroatoms. The van der Waals surface area contributed by atoms with Crippen molar-refractivity contribution >= 4 is 8.46 Å². The van der Waals surface area contributed by atoms with Crippen LogP contribution in [0.3, 0.4) is 0 Å². The average Bonchev–Trinajstić information content (AvgIpc) is 2.78. The highest BCUT2D eigenvalue weighted by Gasteiger charge is 2.34. The van der Waals surface area contributed by atoms with Crippen molar-refractivity contribution in [3.8, 4) is 23.0 Å². The van der Waals surface area contributed by atoms with Gasteiger partial charge in [0, 0.05) is 17.3 Å². The van der Waals surface area contributed by atoms with Gasteiger partial charge in [-0.1, -0.05) is 32.9 Å². The zero-order valence-electron chi connectivity index (χ0n) is 20.4. The van der Waals surface area contributed by atoms with E-state index in [9.17, 15) is 4.57 Å². The molecule has 1 atom stereocenters. The van der Waals surface area contributed by atoms with Crippen LogP contribution in [0.1, 0.15) is 38.3 Å². The molecule has 176 valence electrons. The van der Waals surface area contributed by atoms with Crippen molar-refractivity contribution < 1.29 is 23.5 Å². The summed E-state index contributed by atoms with van der Waals surface area (Å²) in [5.74, 6) is 3.85. The van der Waals surface area contributed by atoms with E-state index in [-0.39, 0.29) is 19.8 Å². The van der Waals surface area contributed by atoms with Crippen LogP contribution in [0.5, 0.6) is 23.0 Å². The quantitative estimate of drug-likeness (QED) is 0.321. The molecule has 0 aromatic heterocycles. The van der Waals surface area contributed by atoms with Crippen LogP contribution in [0.15, 0.2) is 36.4 Å². The van der Waals surface area contributed by atoms with Gasteiger partial charge >= 0.3 is 0 Å².